The van der Waals surface area contributed by atoms with Crippen molar-refractivity contribution < 1.29 is 31.9 Å². The third kappa shape index (κ3) is 5.23. The first-order valence-corrected chi connectivity index (χ1v) is 14.0. The maximum absolute atomic E-state index is 15.5. The van der Waals surface area contributed by atoms with Crippen molar-refractivity contribution in [2.75, 3.05) is 16.8 Å². The lowest BCUT2D eigenvalue weighted by Crippen LogP contribution is -2.30. The quantitative estimate of drug-likeness (QED) is 0.245. The minimum absolute atomic E-state index is 0.0279. The number of rotatable bonds is 8. The molecule has 228 valence electrons. The van der Waals surface area contributed by atoms with Crippen LogP contribution < -0.4 is 15.0 Å². The molecule has 4 heterocycles. The smallest absolute Gasteiger partial charge is 0.387 e. The van der Waals surface area contributed by atoms with Crippen LogP contribution in [-0.2, 0) is 4.79 Å². The number of nitrogens with zero attached hydrogens (tertiary/aromatic N) is 6. The number of carbonyl (C=O) groups excluding carboxylic acids is 2. The van der Waals surface area contributed by atoms with Gasteiger partial charge >= 0.3 is 6.61 Å². The number of amides is 2. The summed E-state index contributed by atoms with van der Waals surface area (Å²) in [5.41, 5.74) is 0.121. The third-order valence-corrected chi connectivity index (χ3v) is 8.35. The summed E-state index contributed by atoms with van der Waals surface area (Å²) in [7, 11) is 0. The van der Waals surface area contributed by atoms with Gasteiger partial charge in [0.2, 0.25) is 5.91 Å². The summed E-state index contributed by atoms with van der Waals surface area (Å²) in [6, 6.07) is 1.62. The van der Waals surface area contributed by atoms with Gasteiger partial charge in [-0.3, -0.25) is 24.2 Å². The van der Waals surface area contributed by atoms with Crippen molar-refractivity contribution in [2.24, 2.45) is 11.8 Å². The molecule has 2 amide bonds. The van der Waals surface area contributed by atoms with Crippen LogP contribution in [0, 0.1) is 30.4 Å². The van der Waals surface area contributed by atoms with E-state index in [1.165, 1.54) is 28.2 Å². The minimum atomic E-state index is -3.24. The molecule has 3 aromatic heterocycles. The zero-order valence-electron chi connectivity index (χ0n) is 23.3. The maximum atomic E-state index is 15.5. The van der Waals surface area contributed by atoms with Crippen LogP contribution in [0.15, 0.2) is 43.1 Å². The van der Waals surface area contributed by atoms with Gasteiger partial charge in [-0.25, -0.2) is 18.7 Å². The first-order valence-electron chi connectivity index (χ1n) is 13.6. The lowest BCUT2D eigenvalue weighted by atomic mass is 9.76. The normalized spacial score (nSPS) is 18.3. The van der Waals surface area contributed by atoms with Crippen molar-refractivity contribution in [1.29, 1.82) is 0 Å². The molecule has 1 aliphatic heterocycles. The fourth-order valence-electron chi connectivity index (χ4n) is 5.53. The van der Waals surface area contributed by atoms with E-state index in [2.05, 4.69) is 30.1 Å². The summed E-state index contributed by atoms with van der Waals surface area (Å²) >= 11 is 5.83. The summed E-state index contributed by atoms with van der Waals surface area (Å²) in [5, 5.41) is 6.51. The average molecular weight is 630 g/mol. The Kier molecular flexibility index (Phi) is 7.70. The van der Waals surface area contributed by atoms with Crippen LogP contribution in [0.2, 0.25) is 5.02 Å². The highest BCUT2D eigenvalue weighted by Crippen LogP contribution is 2.43. The van der Waals surface area contributed by atoms with Gasteiger partial charge in [0.05, 0.1) is 46.6 Å². The molecular weight excluding hydrogens is 606 g/mol. The van der Waals surface area contributed by atoms with Gasteiger partial charge in [0, 0.05) is 30.4 Å². The second kappa shape index (κ2) is 11.5. The van der Waals surface area contributed by atoms with Crippen molar-refractivity contribution in [3.05, 3.63) is 76.6 Å². The summed E-state index contributed by atoms with van der Waals surface area (Å²) in [6.45, 7) is 0.609. The number of carbonyl (C=O) groups is 2. The SMILES string of the molecule is Cc1c(C(C)n2cc(NC(=O)c3cncc(-c4c(OC(F)F)ccc(Cl)c4F)n3)cn2)cnc(N2C[C@H]3CC[C@H]3C2=O)c1F. The molecule has 1 aliphatic carbocycles. The van der Waals surface area contributed by atoms with Crippen molar-refractivity contribution in [3.8, 4) is 17.0 Å². The van der Waals surface area contributed by atoms with E-state index in [1.54, 1.807) is 13.8 Å². The van der Waals surface area contributed by atoms with E-state index in [0.717, 1.165) is 37.4 Å². The number of anilines is 2. The number of nitrogens with one attached hydrogen (secondary N) is 1. The number of halogens is 5. The Morgan fingerprint density at radius 3 is 2.61 bits per heavy atom. The van der Waals surface area contributed by atoms with Crippen molar-refractivity contribution in [2.45, 2.75) is 39.3 Å². The molecule has 1 aromatic carbocycles. The number of hydrogen-bond acceptors (Lipinski definition) is 7. The van der Waals surface area contributed by atoms with E-state index in [0.29, 0.717) is 17.7 Å². The molecule has 44 heavy (non-hydrogen) atoms. The van der Waals surface area contributed by atoms with Crippen LogP contribution in [0.25, 0.3) is 11.3 Å². The first-order chi connectivity index (χ1) is 21.0. The highest BCUT2D eigenvalue weighted by Gasteiger charge is 2.47. The van der Waals surface area contributed by atoms with E-state index < -0.39 is 41.5 Å². The van der Waals surface area contributed by atoms with E-state index >= 15 is 4.39 Å². The van der Waals surface area contributed by atoms with Crippen LogP contribution in [0.5, 0.6) is 5.75 Å². The number of aromatic nitrogens is 5. The molecule has 6 rings (SSSR count). The summed E-state index contributed by atoms with van der Waals surface area (Å²) < 4.78 is 62.0. The fourth-order valence-corrected chi connectivity index (χ4v) is 5.69. The van der Waals surface area contributed by atoms with E-state index in [1.807, 2.05) is 0 Å². The highest BCUT2D eigenvalue weighted by molar-refractivity contribution is 6.31. The highest BCUT2D eigenvalue weighted by atomic mass is 35.5. The Morgan fingerprint density at radius 1 is 1.14 bits per heavy atom. The largest absolute Gasteiger partial charge is 0.434 e. The molecular formula is C29H24ClF4N7O3. The molecule has 2 fully saturated rings. The van der Waals surface area contributed by atoms with Gasteiger partial charge in [-0.05, 0) is 50.3 Å². The second-order valence-electron chi connectivity index (χ2n) is 10.6. The Labute approximate surface area is 253 Å². The average Bonchev–Trinajstić information content (AvgIpc) is 3.52. The van der Waals surface area contributed by atoms with E-state index in [4.69, 9.17) is 11.6 Å². The molecule has 0 bridgehead atoms. The number of benzene rings is 1. The molecule has 0 radical (unpaired) electrons. The van der Waals surface area contributed by atoms with Crippen molar-refractivity contribution >= 4 is 34.9 Å². The zero-order valence-corrected chi connectivity index (χ0v) is 24.0. The van der Waals surface area contributed by atoms with Gasteiger partial charge in [-0.15, -0.1) is 0 Å². The van der Waals surface area contributed by atoms with Crippen LogP contribution in [0.4, 0.5) is 29.1 Å². The van der Waals surface area contributed by atoms with Gasteiger partial charge in [0.15, 0.2) is 17.5 Å². The van der Waals surface area contributed by atoms with Gasteiger partial charge in [-0.2, -0.15) is 13.9 Å². The maximum Gasteiger partial charge on any atom is 0.387 e. The monoisotopic (exact) mass is 629 g/mol. The lowest BCUT2D eigenvalue weighted by Gasteiger charge is -2.25. The van der Waals surface area contributed by atoms with Gasteiger partial charge in [0.1, 0.15) is 11.4 Å². The zero-order chi connectivity index (χ0) is 31.3. The number of hydrogen-bond donors (Lipinski definition) is 1. The van der Waals surface area contributed by atoms with Crippen LogP contribution in [0.3, 0.4) is 0 Å². The van der Waals surface area contributed by atoms with Gasteiger partial charge < -0.3 is 10.1 Å². The molecule has 0 spiro atoms. The Balaban J connectivity index is 1.19. The summed E-state index contributed by atoms with van der Waals surface area (Å²) in [6.07, 6.45) is 8.36. The Hall–Kier alpha value is -4.59. The number of alkyl halides is 2. The second-order valence-corrected chi connectivity index (χ2v) is 11.0. The third-order valence-electron chi connectivity index (χ3n) is 8.06. The molecule has 1 N–H and O–H groups in total. The molecule has 4 aromatic rings. The van der Waals surface area contributed by atoms with Gasteiger partial charge in [0.25, 0.3) is 5.91 Å². The van der Waals surface area contributed by atoms with Crippen LogP contribution in [-0.4, -0.2) is 49.7 Å². The Morgan fingerprint density at radius 2 is 1.93 bits per heavy atom. The molecule has 1 saturated carbocycles. The van der Waals surface area contributed by atoms with Gasteiger partial charge in [-0.1, -0.05) is 11.6 Å². The Bertz CT molecular complexity index is 1790. The number of ether oxygens (including phenoxy) is 1. The predicted molar refractivity (Wildman–Crippen MR) is 151 cm³/mol. The topological polar surface area (TPSA) is 115 Å². The minimum Gasteiger partial charge on any atom is -0.434 e. The number of fused-ring (bicyclic) bond motifs is 1. The van der Waals surface area contributed by atoms with Crippen LogP contribution in [0.1, 0.15) is 47.4 Å². The lowest BCUT2D eigenvalue weighted by molar-refractivity contribution is -0.123. The van der Waals surface area contributed by atoms with Crippen LogP contribution >= 0.6 is 11.6 Å². The molecule has 3 atom stereocenters. The first kappa shape index (κ1) is 29.5. The summed E-state index contributed by atoms with van der Waals surface area (Å²) in [4.78, 5) is 39.3. The number of pyridine rings is 1. The standard InChI is InChI=1S/C29H24ClF4N7O3/c1-13-18(8-36-26(24(13)31)40-11-15-3-4-17(15)28(40)43)14(2)41-12-16(7-37-41)38-27(42)21-10-35-9-20(39-21)23-22(44-29(33)34)6-5-19(30)25(23)32/h5-10,12,14-15,17,29H,3-4,11H2,1-2H3,(H,38,42)/t14?,15-,17-/m1/s1. The molecule has 1 saturated heterocycles. The molecule has 10 nitrogen and oxygen atoms in total. The van der Waals surface area contributed by atoms with E-state index in [9.17, 15) is 22.8 Å². The van der Waals surface area contributed by atoms with E-state index in [-0.39, 0.29) is 45.7 Å². The van der Waals surface area contributed by atoms with Crippen molar-refractivity contribution in [3.63, 3.8) is 0 Å². The predicted octanol–water partition coefficient (Wildman–Crippen LogP) is 5.81. The molecule has 1 unspecified atom stereocenters. The molecule has 2 aliphatic rings. The summed E-state index contributed by atoms with van der Waals surface area (Å²) in [5.74, 6) is -2.77. The fraction of sp³-hybridized carbons (Fsp3) is 0.310. The molecule has 15 heteroatoms. The van der Waals surface area contributed by atoms with Crippen molar-refractivity contribution in [1.82, 2.24) is 24.7 Å².